The van der Waals surface area contributed by atoms with Crippen LogP contribution in [-0.2, 0) is 0 Å². The van der Waals surface area contributed by atoms with Crippen molar-refractivity contribution in [1.29, 1.82) is 0 Å². The molecular formula is C18H37N3. The van der Waals surface area contributed by atoms with Crippen molar-refractivity contribution in [1.82, 2.24) is 15.1 Å². The molecule has 0 radical (unpaired) electrons. The van der Waals surface area contributed by atoms with E-state index in [2.05, 4.69) is 56.7 Å². The van der Waals surface area contributed by atoms with Crippen LogP contribution in [-0.4, -0.2) is 60.1 Å². The maximum absolute atomic E-state index is 3.78. The van der Waals surface area contributed by atoms with Crippen LogP contribution in [0.1, 0.15) is 54.4 Å². The molecule has 0 spiro atoms. The van der Waals surface area contributed by atoms with Gasteiger partial charge in [0.1, 0.15) is 0 Å². The topological polar surface area (TPSA) is 18.5 Å². The Morgan fingerprint density at radius 3 is 2.14 bits per heavy atom. The van der Waals surface area contributed by atoms with Gasteiger partial charge in [-0.25, -0.2) is 0 Å². The Hall–Kier alpha value is -0.120. The molecule has 1 aliphatic carbocycles. The fourth-order valence-electron chi connectivity index (χ4n) is 4.61. The number of rotatable bonds is 3. The van der Waals surface area contributed by atoms with Gasteiger partial charge < -0.3 is 5.32 Å². The van der Waals surface area contributed by atoms with Gasteiger partial charge in [-0.05, 0) is 52.0 Å². The van der Waals surface area contributed by atoms with Gasteiger partial charge >= 0.3 is 0 Å². The number of nitrogens with one attached hydrogen (secondary N) is 1. The van der Waals surface area contributed by atoms with E-state index in [1.165, 1.54) is 39.0 Å². The first-order chi connectivity index (χ1) is 9.82. The molecule has 0 amide bonds. The van der Waals surface area contributed by atoms with E-state index in [-0.39, 0.29) is 0 Å². The largest absolute Gasteiger partial charge is 0.313 e. The molecule has 0 bridgehead atoms. The highest BCUT2D eigenvalue weighted by molar-refractivity contribution is 4.96. The minimum atomic E-state index is 0.319. The van der Waals surface area contributed by atoms with Crippen molar-refractivity contribution in [3.63, 3.8) is 0 Å². The van der Waals surface area contributed by atoms with Gasteiger partial charge in [-0.2, -0.15) is 0 Å². The van der Waals surface area contributed by atoms with Crippen molar-refractivity contribution in [3.05, 3.63) is 0 Å². The minimum Gasteiger partial charge on any atom is -0.313 e. The normalized spacial score (nSPS) is 36.9. The standard InChI is InChI=1S/C18H37N3/c1-7-19-16-13-14(2)12-15(3)17(16)20-8-10-21(11-9-20)18(4,5)6/h14-17,19H,7-13H2,1-6H3. The average molecular weight is 296 g/mol. The summed E-state index contributed by atoms with van der Waals surface area (Å²) >= 11 is 0. The fourth-order valence-corrected chi connectivity index (χ4v) is 4.61. The van der Waals surface area contributed by atoms with Crippen molar-refractivity contribution >= 4 is 0 Å². The minimum absolute atomic E-state index is 0.319. The number of hydrogen-bond acceptors (Lipinski definition) is 3. The third kappa shape index (κ3) is 4.20. The third-order valence-electron chi connectivity index (χ3n) is 5.58. The molecule has 0 aromatic rings. The van der Waals surface area contributed by atoms with Crippen LogP contribution in [0.25, 0.3) is 0 Å². The molecule has 3 heteroatoms. The molecule has 124 valence electrons. The maximum atomic E-state index is 3.78. The van der Waals surface area contributed by atoms with E-state index in [0.717, 1.165) is 24.4 Å². The summed E-state index contributed by atoms with van der Waals surface area (Å²) in [6.07, 6.45) is 2.74. The smallest absolute Gasteiger partial charge is 0.0276 e. The lowest BCUT2D eigenvalue weighted by atomic mass is 9.75. The second-order valence-electron chi connectivity index (χ2n) is 8.40. The highest BCUT2D eigenvalue weighted by Crippen LogP contribution is 2.33. The van der Waals surface area contributed by atoms with Crippen molar-refractivity contribution in [2.45, 2.75) is 72.0 Å². The van der Waals surface area contributed by atoms with Crippen LogP contribution >= 0.6 is 0 Å². The Kier molecular flexibility index (Phi) is 5.72. The number of hydrogen-bond donors (Lipinski definition) is 1. The monoisotopic (exact) mass is 295 g/mol. The van der Waals surface area contributed by atoms with Gasteiger partial charge in [0, 0.05) is 43.8 Å². The molecule has 21 heavy (non-hydrogen) atoms. The van der Waals surface area contributed by atoms with E-state index < -0.39 is 0 Å². The molecule has 1 saturated carbocycles. The molecule has 1 heterocycles. The predicted molar refractivity (Wildman–Crippen MR) is 91.7 cm³/mol. The van der Waals surface area contributed by atoms with Crippen molar-refractivity contribution in [2.24, 2.45) is 11.8 Å². The zero-order chi connectivity index (χ0) is 15.6. The molecule has 4 atom stereocenters. The van der Waals surface area contributed by atoms with E-state index in [4.69, 9.17) is 0 Å². The molecule has 4 unspecified atom stereocenters. The van der Waals surface area contributed by atoms with Crippen LogP contribution in [0.2, 0.25) is 0 Å². The number of likely N-dealkylation sites (N-methyl/N-ethyl adjacent to an activating group) is 1. The predicted octanol–water partition coefficient (Wildman–Crippen LogP) is 2.82. The first kappa shape index (κ1) is 17.2. The van der Waals surface area contributed by atoms with Crippen molar-refractivity contribution < 1.29 is 0 Å². The second kappa shape index (κ2) is 6.97. The Morgan fingerprint density at radius 1 is 1.00 bits per heavy atom. The van der Waals surface area contributed by atoms with Gasteiger partial charge in [-0.3, -0.25) is 9.80 Å². The van der Waals surface area contributed by atoms with E-state index in [1.807, 2.05) is 0 Å². The van der Waals surface area contributed by atoms with Crippen LogP contribution in [0.5, 0.6) is 0 Å². The van der Waals surface area contributed by atoms with Crippen LogP contribution in [0.4, 0.5) is 0 Å². The summed E-state index contributed by atoms with van der Waals surface area (Å²) in [4.78, 5) is 5.42. The van der Waals surface area contributed by atoms with Gasteiger partial charge in [-0.1, -0.05) is 20.8 Å². The third-order valence-corrected chi connectivity index (χ3v) is 5.58. The van der Waals surface area contributed by atoms with Gasteiger partial charge in [-0.15, -0.1) is 0 Å². The van der Waals surface area contributed by atoms with Crippen molar-refractivity contribution in [2.75, 3.05) is 32.7 Å². The molecule has 2 aliphatic rings. The quantitative estimate of drug-likeness (QED) is 0.864. The van der Waals surface area contributed by atoms with E-state index >= 15 is 0 Å². The molecule has 1 N–H and O–H groups in total. The summed E-state index contributed by atoms with van der Waals surface area (Å²) in [6, 6.07) is 1.43. The van der Waals surface area contributed by atoms with Crippen LogP contribution < -0.4 is 5.32 Å². The molecule has 2 fully saturated rings. The molecule has 2 rings (SSSR count). The lowest BCUT2D eigenvalue weighted by molar-refractivity contribution is -0.000496. The van der Waals surface area contributed by atoms with Gasteiger partial charge in [0.2, 0.25) is 0 Å². The molecule has 0 aromatic carbocycles. The highest BCUT2D eigenvalue weighted by Gasteiger charge is 2.39. The molecule has 3 nitrogen and oxygen atoms in total. The molecular weight excluding hydrogens is 258 g/mol. The highest BCUT2D eigenvalue weighted by atomic mass is 15.3. The van der Waals surface area contributed by atoms with Gasteiger partial charge in [0.05, 0.1) is 0 Å². The van der Waals surface area contributed by atoms with E-state index in [1.54, 1.807) is 0 Å². The summed E-state index contributed by atoms with van der Waals surface area (Å²) in [6.45, 7) is 20.2. The Balaban J connectivity index is 1.99. The van der Waals surface area contributed by atoms with Gasteiger partial charge in [0.25, 0.3) is 0 Å². The Labute approximate surface area is 132 Å². The van der Waals surface area contributed by atoms with Crippen LogP contribution in [0.3, 0.4) is 0 Å². The molecule has 1 aliphatic heterocycles. The first-order valence-electron chi connectivity index (χ1n) is 9.05. The van der Waals surface area contributed by atoms with E-state index in [9.17, 15) is 0 Å². The zero-order valence-corrected chi connectivity index (χ0v) is 15.2. The fraction of sp³-hybridized carbons (Fsp3) is 1.00. The lowest BCUT2D eigenvalue weighted by Gasteiger charge is -2.50. The zero-order valence-electron chi connectivity index (χ0n) is 15.2. The molecule has 1 saturated heterocycles. The average Bonchev–Trinajstić information content (AvgIpc) is 2.37. The number of piperazine rings is 1. The van der Waals surface area contributed by atoms with Crippen LogP contribution in [0.15, 0.2) is 0 Å². The van der Waals surface area contributed by atoms with E-state index in [0.29, 0.717) is 11.6 Å². The lowest BCUT2D eigenvalue weighted by Crippen LogP contribution is -2.62. The second-order valence-corrected chi connectivity index (χ2v) is 8.40. The number of nitrogens with zero attached hydrogens (tertiary/aromatic N) is 2. The summed E-state index contributed by atoms with van der Waals surface area (Å²) in [5, 5.41) is 3.78. The maximum Gasteiger partial charge on any atom is 0.0276 e. The summed E-state index contributed by atoms with van der Waals surface area (Å²) < 4.78 is 0. The van der Waals surface area contributed by atoms with Gasteiger partial charge in [0.15, 0.2) is 0 Å². The Bertz CT molecular complexity index is 315. The Morgan fingerprint density at radius 2 is 1.62 bits per heavy atom. The summed E-state index contributed by atoms with van der Waals surface area (Å²) in [7, 11) is 0. The SMILES string of the molecule is CCNC1CC(C)CC(C)C1N1CCN(C(C)(C)C)CC1. The molecule has 0 aromatic heterocycles. The van der Waals surface area contributed by atoms with Crippen molar-refractivity contribution in [3.8, 4) is 0 Å². The summed E-state index contributed by atoms with van der Waals surface area (Å²) in [5.41, 5.74) is 0.319. The van der Waals surface area contributed by atoms with Crippen LogP contribution in [0, 0.1) is 11.8 Å². The first-order valence-corrected chi connectivity index (χ1v) is 9.05. The summed E-state index contributed by atoms with van der Waals surface area (Å²) in [5.74, 6) is 1.69.